The number of ether oxygens (including phenoxy) is 1. The van der Waals surface area contributed by atoms with Crippen LogP contribution in [-0.4, -0.2) is 26.4 Å². The van der Waals surface area contributed by atoms with Crippen LogP contribution < -0.4 is 10.1 Å². The second kappa shape index (κ2) is 10.3. The third-order valence-corrected chi connectivity index (χ3v) is 5.91. The van der Waals surface area contributed by atoms with E-state index in [0.717, 1.165) is 23.6 Å². The smallest absolute Gasteiger partial charge is 0.230 e. The van der Waals surface area contributed by atoms with Gasteiger partial charge < -0.3 is 14.6 Å². The van der Waals surface area contributed by atoms with Crippen molar-refractivity contribution in [1.82, 2.24) is 20.1 Å². The molecule has 6 nitrogen and oxygen atoms in total. The molecule has 0 aliphatic carbocycles. The molecule has 2 atom stereocenters. The van der Waals surface area contributed by atoms with E-state index in [1.165, 1.54) is 17.3 Å². The van der Waals surface area contributed by atoms with Crippen molar-refractivity contribution in [2.45, 2.75) is 44.5 Å². The van der Waals surface area contributed by atoms with Crippen molar-refractivity contribution in [3.63, 3.8) is 0 Å². The largest absolute Gasteiger partial charge is 0.483 e. The molecular formula is C23H28N4O2S. The topological polar surface area (TPSA) is 69.0 Å². The van der Waals surface area contributed by atoms with Gasteiger partial charge in [-0.1, -0.05) is 61.2 Å². The summed E-state index contributed by atoms with van der Waals surface area (Å²) in [6, 6.07) is 17.9. The number of thioether (sulfide) groups is 1. The zero-order chi connectivity index (χ0) is 21.5. The van der Waals surface area contributed by atoms with Crippen LogP contribution in [0.1, 0.15) is 49.9 Å². The number of rotatable bonds is 9. The lowest BCUT2D eigenvalue weighted by molar-refractivity contribution is -0.119. The highest BCUT2D eigenvalue weighted by Gasteiger charge is 2.18. The molecule has 158 valence electrons. The van der Waals surface area contributed by atoms with Crippen LogP contribution in [0.5, 0.6) is 5.75 Å². The molecule has 0 fully saturated rings. The van der Waals surface area contributed by atoms with Crippen LogP contribution in [0.2, 0.25) is 0 Å². The molecule has 0 saturated carbocycles. The van der Waals surface area contributed by atoms with Crippen molar-refractivity contribution < 1.29 is 9.53 Å². The van der Waals surface area contributed by atoms with E-state index < -0.39 is 0 Å². The van der Waals surface area contributed by atoms with Crippen molar-refractivity contribution in [3.05, 3.63) is 71.5 Å². The molecule has 1 N–H and O–H groups in total. The highest BCUT2D eigenvalue weighted by molar-refractivity contribution is 7.99. The molecule has 0 unspecified atom stereocenters. The molecule has 0 aliphatic heterocycles. The van der Waals surface area contributed by atoms with Gasteiger partial charge in [0.1, 0.15) is 5.75 Å². The number of hydrogen-bond donors (Lipinski definition) is 1. The van der Waals surface area contributed by atoms with Crippen molar-refractivity contribution in [3.8, 4) is 5.75 Å². The molecule has 2 aromatic carbocycles. The van der Waals surface area contributed by atoms with Gasteiger partial charge in [0.2, 0.25) is 5.91 Å². The number of nitrogens with one attached hydrogen (secondary N) is 1. The Labute approximate surface area is 182 Å². The first kappa shape index (κ1) is 21.9. The predicted molar refractivity (Wildman–Crippen MR) is 120 cm³/mol. The second-order valence-electron chi connectivity index (χ2n) is 7.15. The standard InChI is InChI=1S/C23H28N4O2S/c1-5-18-11-13-20(14-12-18)29-17(3)22-25-26-23(27(22)4)30-15-21(28)24-16(2)19-9-7-6-8-10-19/h6-14,16-17H,5,15H2,1-4H3,(H,24,28)/t16-,17-/m1/s1. The molecule has 1 aromatic heterocycles. The minimum atomic E-state index is -0.253. The highest BCUT2D eigenvalue weighted by atomic mass is 32.2. The Morgan fingerprint density at radius 2 is 1.80 bits per heavy atom. The highest BCUT2D eigenvalue weighted by Crippen LogP contribution is 2.24. The van der Waals surface area contributed by atoms with Crippen LogP contribution >= 0.6 is 11.8 Å². The van der Waals surface area contributed by atoms with Gasteiger partial charge in [-0.05, 0) is 43.5 Å². The first-order valence-corrected chi connectivity index (χ1v) is 11.1. The van der Waals surface area contributed by atoms with E-state index in [2.05, 4.69) is 34.6 Å². The Morgan fingerprint density at radius 1 is 1.10 bits per heavy atom. The van der Waals surface area contributed by atoms with E-state index in [0.29, 0.717) is 5.16 Å². The second-order valence-corrected chi connectivity index (χ2v) is 8.09. The maximum Gasteiger partial charge on any atom is 0.230 e. The van der Waals surface area contributed by atoms with Crippen LogP contribution in [0.15, 0.2) is 59.8 Å². The maximum absolute atomic E-state index is 12.3. The molecule has 1 heterocycles. The Balaban J connectivity index is 1.54. The molecule has 30 heavy (non-hydrogen) atoms. The van der Waals surface area contributed by atoms with Crippen LogP contribution in [0.25, 0.3) is 0 Å². The molecule has 0 radical (unpaired) electrons. The van der Waals surface area contributed by atoms with Gasteiger partial charge in [0.05, 0.1) is 11.8 Å². The lowest BCUT2D eigenvalue weighted by Crippen LogP contribution is -2.28. The summed E-state index contributed by atoms with van der Waals surface area (Å²) in [6.45, 7) is 6.05. The number of hydrogen-bond acceptors (Lipinski definition) is 5. The Kier molecular flexibility index (Phi) is 7.52. The predicted octanol–water partition coefficient (Wildman–Crippen LogP) is 4.49. The molecule has 0 saturated heterocycles. The van der Waals surface area contributed by atoms with E-state index in [9.17, 15) is 4.79 Å². The molecule has 0 bridgehead atoms. The molecular weight excluding hydrogens is 396 g/mol. The Morgan fingerprint density at radius 3 is 2.47 bits per heavy atom. The minimum absolute atomic E-state index is 0.0399. The summed E-state index contributed by atoms with van der Waals surface area (Å²) >= 11 is 1.36. The van der Waals surface area contributed by atoms with Crippen molar-refractivity contribution >= 4 is 17.7 Å². The number of carbonyl (C=O) groups is 1. The van der Waals surface area contributed by atoms with E-state index >= 15 is 0 Å². The monoisotopic (exact) mass is 424 g/mol. The Hall–Kier alpha value is -2.80. The fraction of sp³-hybridized carbons (Fsp3) is 0.348. The number of aromatic nitrogens is 3. The number of amides is 1. The Bertz CT molecular complexity index is 957. The molecule has 3 rings (SSSR count). The quantitative estimate of drug-likeness (QED) is 0.513. The molecule has 1 amide bonds. The summed E-state index contributed by atoms with van der Waals surface area (Å²) in [6.07, 6.45) is 0.744. The van der Waals surface area contributed by atoms with E-state index in [1.807, 2.05) is 67.9 Å². The van der Waals surface area contributed by atoms with Crippen LogP contribution in [0.3, 0.4) is 0 Å². The molecule has 0 aliphatic rings. The maximum atomic E-state index is 12.3. The lowest BCUT2D eigenvalue weighted by atomic mass is 10.1. The van der Waals surface area contributed by atoms with E-state index in [1.54, 1.807) is 0 Å². The minimum Gasteiger partial charge on any atom is -0.483 e. The zero-order valence-electron chi connectivity index (χ0n) is 17.8. The van der Waals surface area contributed by atoms with Crippen LogP contribution in [-0.2, 0) is 18.3 Å². The van der Waals surface area contributed by atoms with Gasteiger partial charge in [0.15, 0.2) is 17.1 Å². The summed E-state index contributed by atoms with van der Waals surface area (Å²) in [5.74, 6) is 1.75. The van der Waals surface area contributed by atoms with Crippen LogP contribution in [0.4, 0.5) is 0 Å². The zero-order valence-corrected chi connectivity index (χ0v) is 18.6. The van der Waals surface area contributed by atoms with Gasteiger partial charge in [-0.15, -0.1) is 10.2 Å². The summed E-state index contributed by atoms with van der Waals surface area (Å²) in [7, 11) is 1.89. The molecule has 0 spiro atoms. The van der Waals surface area contributed by atoms with Gasteiger partial charge in [-0.25, -0.2) is 0 Å². The number of nitrogens with zero attached hydrogens (tertiary/aromatic N) is 3. The summed E-state index contributed by atoms with van der Waals surface area (Å²) in [5, 5.41) is 12.2. The fourth-order valence-corrected chi connectivity index (χ4v) is 3.83. The number of benzene rings is 2. The average molecular weight is 425 g/mol. The van der Waals surface area contributed by atoms with Gasteiger partial charge in [0.25, 0.3) is 0 Å². The van der Waals surface area contributed by atoms with Crippen molar-refractivity contribution in [1.29, 1.82) is 0 Å². The van der Waals surface area contributed by atoms with Crippen molar-refractivity contribution in [2.75, 3.05) is 5.75 Å². The SMILES string of the molecule is CCc1ccc(O[C@H](C)c2nnc(SCC(=O)N[C@H](C)c3ccccc3)n2C)cc1. The van der Waals surface area contributed by atoms with Gasteiger partial charge in [-0.2, -0.15) is 0 Å². The summed E-state index contributed by atoms with van der Waals surface area (Å²) in [5.41, 5.74) is 2.35. The number of carbonyl (C=O) groups excluding carboxylic acids is 1. The lowest BCUT2D eigenvalue weighted by Gasteiger charge is -2.15. The third kappa shape index (κ3) is 5.63. The third-order valence-electron chi connectivity index (χ3n) is 4.89. The van der Waals surface area contributed by atoms with Crippen LogP contribution in [0, 0.1) is 0 Å². The average Bonchev–Trinajstić information content (AvgIpc) is 3.14. The first-order chi connectivity index (χ1) is 14.5. The number of aryl methyl sites for hydroxylation is 1. The molecule has 3 aromatic rings. The van der Waals surface area contributed by atoms with Crippen molar-refractivity contribution in [2.24, 2.45) is 7.05 Å². The normalized spacial score (nSPS) is 12.9. The molecule has 7 heteroatoms. The van der Waals surface area contributed by atoms with Gasteiger partial charge in [-0.3, -0.25) is 4.79 Å². The summed E-state index contributed by atoms with van der Waals surface area (Å²) in [4.78, 5) is 12.3. The van der Waals surface area contributed by atoms with Gasteiger partial charge >= 0.3 is 0 Å². The van der Waals surface area contributed by atoms with Gasteiger partial charge in [0, 0.05) is 7.05 Å². The summed E-state index contributed by atoms with van der Waals surface area (Å²) < 4.78 is 7.89. The van der Waals surface area contributed by atoms with E-state index in [4.69, 9.17) is 4.74 Å². The fourth-order valence-electron chi connectivity index (χ4n) is 3.10. The first-order valence-electron chi connectivity index (χ1n) is 10.1. The van der Waals surface area contributed by atoms with E-state index in [-0.39, 0.29) is 23.8 Å².